The van der Waals surface area contributed by atoms with Gasteiger partial charge in [0.15, 0.2) is 0 Å². The molecule has 0 saturated carbocycles. The third-order valence-electron chi connectivity index (χ3n) is 2.50. The molecule has 1 aromatic rings. The standard InChI is InChI=1S/C12H16BrNO3S/c1-3-4-5-9(12(16)17)14-11(15)8-6-7(2)18-10(8)13/h6,9H,3-5H2,1-2H3,(H,14,15)(H,16,17)/t9-/m0/s1. The Morgan fingerprint density at radius 3 is 2.67 bits per heavy atom. The summed E-state index contributed by atoms with van der Waals surface area (Å²) >= 11 is 4.77. The van der Waals surface area contributed by atoms with Crippen molar-refractivity contribution in [3.05, 3.63) is 20.3 Å². The van der Waals surface area contributed by atoms with E-state index in [2.05, 4.69) is 21.2 Å². The number of amides is 1. The molecule has 1 amide bonds. The van der Waals surface area contributed by atoms with Crippen molar-refractivity contribution in [1.82, 2.24) is 5.32 Å². The zero-order chi connectivity index (χ0) is 13.7. The quantitative estimate of drug-likeness (QED) is 0.840. The van der Waals surface area contributed by atoms with Crippen molar-refractivity contribution >= 4 is 39.1 Å². The molecule has 4 nitrogen and oxygen atoms in total. The SMILES string of the molecule is CCCC[C@H](NC(=O)c1cc(C)sc1Br)C(=O)O. The highest BCUT2D eigenvalue weighted by molar-refractivity contribution is 9.11. The number of halogens is 1. The summed E-state index contributed by atoms with van der Waals surface area (Å²) in [4.78, 5) is 24.0. The molecule has 0 radical (unpaired) electrons. The topological polar surface area (TPSA) is 66.4 Å². The van der Waals surface area contributed by atoms with Gasteiger partial charge >= 0.3 is 5.97 Å². The molecule has 0 fully saturated rings. The van der Waals surface area contributed by atoms with Gasteiger partial charge < -0.3 is 10.4 Å². The van der Waals surface area contributed by atoms with Gasteiger partial charge in [-0.05, 0) is 35.3 Å². The summed E-state index contributed by atoms with van der Waals surface area (Å²) in [6.45, 7) is 3.89. The largest absolute Gasteiger partial charge is 0.480 e. The maximum atomic E-state index is 12.0. The van der Waals surface area contributed by atoms with Crippen molar-refractivity contribution in [2.45, 2.75) is 39.2 Å². The molecule has 0 aromatic carbocycles. The first-order valence-corrected chi connectivity index (χ1v) is 7.36. The Kier molecular flexibility index (Phi) is 5.81. The molecule has 2 N–H and O–H groups in total. The average Bonchev–Trinajstić information content (AvgIpc) is 2.63. The van der Waals surface area contributed by atoms with Gasteiger partial charge in [0.25, 0.3) is 5.91 Å². The van der Waals surface area contributed by atoms with E-state index in [0.29, 0.717) is 12.0 Å². The number of carboxylic acid groups (broad SMARTS) is 1. The van der Waals surface area contributed by atoms with E-state index < -0.39 is 12.0 Å². The third kappa shape index (κ3) is 4.10. The third-order valence-corrected chi connectivity index (χ3v) is 4.26. The molecular weight excluding hydrogens is 318 g/mol. The lowest BCUT2D eigenvalue weighted by atomic mass is 10.1. The Bertz CT molecular complexity index is 445. The van der Waals surface area contributed by atoms with Crippen molar-refractivity contribution in [3.63, 3.8) is 0 Å². The van der Waals surface area contributed by atoms with Crippen LogP contribution in [0, 0.1) is 6.92 Å². The van der Waals surface area contributed by atoms with Crippen molar-refractivity contribution < 1.29 is 14.7 Å². The van der Waals surface area contributed by atoms with E-state index in [1.54, 1.807) is 6.07 Å². The minimum Gasteiger partial charge on any atom is -0.480 e. The second-order valence-electron chi connectivity index (χ2n) is 4.05. The number of carbonyl (C=O) groups is 2. The van der Waals surface area contributed by atoms with Crippen LogP contribution in [-0.4, -0.2) is 23.0 Å². The van der Waals surface area contributed by atoms with E-state index in [-0.39, 0.29) is 5.91 Å². The molecule has 0 aliphatic heterocycles. The van der Waals surface area contributed by atoms with Gasteiger partial charge in [-0.3, -0.25) is 4.79 Å². The molecular formula is C12H16BrNO3S. The van der Waals surface area contributed by atoms with Gasteiger partial charge in [-0.1, -0.05) is 19.8 Å². The fourth-order valence-corrected chi connectivity index (χ4v) is 3.32. The Labute approximate surface area is 119 Å². The Balaban J connectivity index is 2.72. The van der Waals surface area contributed by atoms with Crippen LogP contribution in [0.15, 0.2) is 9.85 Å². The summed E-state index contributed by atoms with van der Waals surface area (Å²) in [5.41, 5.74) is 0.500. The van der Waals surface area contributed by atoms with Gasteiger partial charge in [0.2, 0.25) is 0 Å². The number of unbranched alkanes of at least 4 members (excludes halogenated alkanes) is 1. The van der Waals surface area contributed by atoms with Gasteiger partial charge in [0.05, 0.1) is 9.35 Å². The van der Waals surface area contributed by atoms with E-state index in [1.807, 2.05) is 13.8 Å². The summed E-state index contributed by atoms with van der Waals surface area (Å²) in [5, 5.41) is 11.6. The number of carboxylic acids is 1. The summed E-state index contributed by atoms with van der Waals surface area (Å²) in [7, 11) is 0. The van der Waals surface area contributed by atoms with Crippen LogP contribution in [0.2, 0.25) is 0 Å². The van der Waals surface area contributed by atoms with Gasteiger partial charge in [-0.2, -0.15) is 0 Å². The number of hydrogen-bond acceptors (Lipinski definition) is 3. The Morgan fingerprint density at radius 1 is 1.56 bits per heavy atom. The first-order valence-electron chi connectivity index (χ1n) is 5.75. The average molecular weight is 334 g/mol. The first-order chi connectivity index (χ1) is 8.45. The summed E-state index contributed by atoms with van der Waals surface area (Å²) in [6, 6.07) is 0.938. The number of thiophene rings is 1. The molecule has 0 unspecified atom stereocenters. The highest BCUT2D eigenvalue weighted by Gasteiger charge is 2.21. The van der Waals surface area contributed by atoms with Crippen molar-refractivity contribution in [2.24, 2.45) is 0 Å². The van der Waals surface area contributed by atoms with E-state index in [0.717, 1.165) is 21.5 Å². The van der Waals surface area contributed by atoms with Crippen LogP contribution in [-0.2, 0) is 4.79 Å². The van der Waals surface area contributed by atoms with Crippen molar-refractivity contribution in [3.8, 4) is 0 Å². The minimum absolute atomic E-state index is 0.338. The van der Waals surface area contributed by atoms with Gasteiger partial charge in [-0.25, -0.2) is 4.79 Å². The second-order valence-corrected chi connectivity index (χ2v) is 6.63. The fourth-order valence-electron chi connectivity index (χ4n) is 1.54. The van der Waals surface area contributed by atoms with Gasteiger partial charge in [0, 0.05) is 4.88 Å². The maximum absolute atomic E-state index is 12.0. The number of hydrogen-bond donors (Lipinski definition) is 2. The van der Waals surface area contributed by atoms with E-state index in [4.69, 9.17) is 5.11 Å². The van der Waals surface area contributed by atoms with Crippen LogP contribution in [0.25, 0.3) is 0 Å². The molecule has 1 rings (SSSR count). The summed E-state index contributed by atoms with van der Waals surface area (Å²) in [6.07, 6.45) is 2.14. The molecule has 0 spiro atoms. The van der Waals surface area contributed by atoms with E-state index in [9.17, 15) is 9.59 Å². The second kappa shape index (κ2) is 6.89. The van der Waals surface area contributed by atoms with Crippen LogP contribution in [0.1, 0.15) is 41.4 Å². The lowest BCUT2D eigenvalue weighted by Crippen LogP contribution is -2.40. The lowest BCUT2D eigenvalue weighted by Gasteiger charge is -2.13. The summed E-state index contributed by atoms with van der Waals surface area (Å²) in [5.74, 6) is -1.32. The molecule has 1 aromatic heterocycles. The predicted molar refractivity (Wildman–Crippen MR) is 75.2 cm³/mol. The molecule has 0 bridgehead atoms. The van der Waals surface area contributed by atoms with Gasteiger partial charge in [0.1, 0.15) is 6.04 Å². The Hall–Kier alpha value is -0.880. The zero-order valence-corrected chi connectivity index (χ0v) is 12.7. The number of nitrogens with one attached hydrogen (secondary N) is 1. The molecule has 0 aliphatic rings. The highest BCUT2D eigenvalue weighted by Crippen LogP contribution is 2.27. The fraction of sp³-hybridized carbons (Fsp3) is 0.500. The van der Waals surface area contributed by atoms with Crippen LogP contribution < -0.4 is 5.32 Å². The molecule has 18 heavy (non-hydrogen) atoms. The molecule has 6 heteroatoms. The molecule has 1 heterocycles. The molecule has 0 aliphatic carbocycles. The normalized spacial score (nSPS) is 12.2. The van der Waals surface area contributed by atoms with Crippen LogP contribution in [0.5, 0.6) is 0 Å². The van der Waals surface area contributed by atoms with E-state index in [1.165, 1.54) is 11.3 Å². The van der Waals surface area contributed by atoms with E-state index >= 15 is 0 Å². The maximum Gasteiger partial charge on any atom is 0.326 e. The predicted octanol–water partition coefficient (Wildman–Crippen LogP) is 3.19. The summed E-state index contributed by atoms with van der Waals surface area (Å²) < 4.78 is 0.733. The molecule has 1 atom stereocenters. The number of aryl methyl sites for hydroxylation is 1. The monoisotopic (exact) mass is 333 g/mol. The number of aliphatic carboxylic acids is 1. The van der Waals surface area contributed by atoms with Crippen LogP contribution >= 0.6 is 27.3 Å². The van der Waals surface area contributed by atoms with Crippen molar-refractivity contribution in [1.29, 1.82) is 0 Å². The zero-order valence-electron chi connectivity index (χ0n) is 10.3. The number of carbonyl (C=O) groups excluding carboxylic acids is 1. The smallest absolute Gasteiger partial charge is 0.326 e. The van der Waals surface area contributed by atoms with Gasteiger partial charge in [-0.15, -0.1) is 11.3 Å². The molecule has 0 saturated heterocycles. The lowest BCUT2D eigenvalue weighted by molar-refractivity contribution is -0.139. The first kappa shape index (κ1) is 15.2. The highest BCUT2D eigenvalue weighted by atomic mass is 79.9. The minimum atomic E-state index is -0.986. The number of rotatable bonds is 6. The van der Waals surface area contributed by atoms with Crippen LogP contribution in [0.3, 0.4) is 0 Å². The van der Waals surface area contributed by atoms with Crippen molar-refractivity contribution in [2.75, 3.05) is 0 Å². The Morgan fingerprint density at radius 2 is 2.22 bits per heavy atom. The molecule has 100 valence electrons. The van der Waals surface area contributed by atoms with Crippen LogP contribution in [0.4, 0.5) is 0 Å².